The summed E-state index contributed by atoms with van der Waals surface area (Å²) in [7, 11) is 1.57. The fourth-order valence-corrected chi connectivity index (χ4v) is 3.49. The van der Waals surface area contributed by atoms with E-state index >= 15 is 0 Å². The maximum Gasteiger partial charge on any atom is 0.309 e. The van der Waals surface area contributed by atoms with Gasteiger partial charge in [-0.25, -0.2) is 0 Å². The molecule has 1 N–H and O–H groups in total. The van der Waals surface area contributed by atoms with Crippen molar-refractivity contribution in [2.24, 2.45) is 5.92 Å². The number of amides is 1. The topological polar surface area (TPSA) is 66.8 Å². The summed E-state index contributed by atoms with van der Waals surface area (Å²) in [6, 6.07) is 3.51. The van der Waals surface area contributed by atoms with E-state index in [-0.39, 0.29) is 18.4 Å². The van der Waals surface area contributed by atoms with Gasteiger partial charge in [-0.15, -0.1) is 11.3 Å². The van der Waals surface area contributed by atoms with Gasteiger partial charge in [-0.2, -0.15) is 0 Å². The number of carbonyl (C=O) groups excluding carboxylic acids is 1. The third kappa shape index (κ3) is 2.79. The monoisotopic (exact) mass is 283 g/mol. The summed E-state index contributed by atoms with van der Waals surface area (Å²) < 4.78 is 5.00. The van der Waals surface area contributed by atoms with Crippen molar-refractivity contribution in [3.63, 3.8) is 0 Å². The number of ether oxygens (including phenoxy) is 1. The van der Waals surface area contributed by atoms with Gasteiger partial charge in [0, 0.05) is 29.8 Å². The van der Waals surface area contributed by atoms with Gasteiger partial charge in [-0.05, 0) is 19.1 Å². The Labute approximate surface area is 115 Å². The molecule has 0 bridgehead atoms. The number of aryl methyl sites for hydroxylation is 1. The van der Waals surface area contributed by atoms with Crippen LogP contribution in [0.3, 0.4) is 0 Å². The molecule has 2 rings (SSSR count). The van der Waals surface area contributed by atoms with Crippen molar-refractivity contribution in [1.29, 1.82) is 0 Å². The van der Waals surface area contributed by atoms with E-state index in [1.807, 2.05) is 19.1 Å². The van der Waals surface area contributed by atoms with Gasteiger partial charge >= 0.3 is 5.97 Å². The van der Waals surface area contributed by atoms with Crippen LogP contribution in [0.15, 0.2) is 12.1 Å². The zero-order valence-electron chi connectivity index (χ0n) is 11.0. The quantitative estimate of drug-likeness (QED) is 0.892. The molecule has 0 aromatic carbocycles. The van der Waals surface area contributed by atoms with Crippen LogP contribution < -0.4 is 0 Å². The Morgan fingerprint density at radius 1 is 1.58 bits per heavy atom. The van der Waals surface area contributed by atoms with E-state index in [4.69, 9.17) is 4.74 Å². The number of carbonyl (C=O) groups is 2. The van der Waals surface area contributed by atoms with Crippen molar-refractivity contribution in [2.75, 3.05) is 20.3 Å². The van der Waals surface area contributed by atoms with Crippen LogP contribution in [-0.2, 0) is 14.3 Å². The number of nitrogens with zero attached hydrogens (tertiary/aromatic N) is 1. The van der Waals surface area contributed by atoms with Crippen molar-refractivity contribution in [3.05, 3.63) is 21.9 Å². The van der Waals surface area contributed by atoms with Gasteiger partial charge in [0.15, 0.2) is 0 Å². The normalized spacial score (nSPS) is 23.1. The van der Waals surface area contributed by atoms with Gasteiger partial charge in [-0.1, -0.05) is 0 Å². The highest BCUT2D eigenvalue weighted by Crippen LogP contribution is 2.40. The molecule has 1 amide bonds. The van der Waals surface area contributed by atoms with E-state index in [9.17, 15) is 14.7 Å². The number of hydrogen-bond acceptors (Lipinski definition) is 4. The molecule has 5 nitrogen and oxygen atoms in total. The molecule has 19 heavy (non-hydrogen) atoms. The number of carboxylic acids is 1. The number of carboxylic acid groups (broad SMARTS) is 1. The molecule has 1 saturated heterocycles. The van der Waals surface area contributed by atoms with Crippen LogP contribution in [0.4, 0.5) is 0 Å². The zero-order chi connectivity index (χ0) is 14.0. The van der Waals surface area contributed by atoms with Crippen molar-refractivity contribution in [1.82, 2.24) is 4.90 Å². The molecular weight excluding hydrogens is 266 g/mol. The number of hydrogen-bond donors (Lipinski definition) is 1. The lowest BCUT2D eigenvalue weighted by Gasteiger charge is -2.25. The highest BCUT2D eigenvalue weighted by Gasteiger charge is 2.44. The minimum Gasteiger partial charge on any atom is -0.481 e. The van der Waals surface area contributed by atoms with E-state index < -0.39 is 11.9 Å². The fourth-order valence-electron chi connectivity index (χ4n) is 2.43. The molecule has 1 aromatic rings. The van der Waals surface area contributed by atoms with Gasteiger partial charge in [-0.3, -0.25) is 9.59 Å². The first-order chi connectivity index (χ1) is 9.04. The van der Waals surface area contributed by atoms with Crippen LogP contribution >= 0.6 is 11.3 Å². The Hall–Kier alpha value is -1.40. The first-order valence-electron chi connectivity index (χ1n) is 6.12. The Bertz CT molecular complexity index is 485. The van der Waals surface area contributed by atoms with Gasteiger partial charge in [0.25, 0.3) is 0 Å². The van der Waals surface area contributed by atoms with Crippen LogP contribution in [0.2, 0.25) is 0 Å². The summed E-state index contributed by atoms with van der Waals surface area (Å²) >= 11 is 1.55. The van der Waals surface area contributed by atoms with Crippen LogP contribution in [0, 0.1) is 12.8 Å². The largest absolute Gasteiger partial charge is 0.481 e. The highest BCUT2D eigenvalue weighted by molar-refractivity contribution is 7.12. The minimum atomic E-state index is -0.913. The predicted molar refractivity (Wildman–Crippen MR) is 71.1 cm³/mol. The lowest BCUT2D eigenvalue weighted by atomic mass is 9.99. The second-order valence-electron chi connectivity index (χ2n) is 4.62. The first kappa shape index (κ1) is 14.0. The number of aliphatic carboxylic acids is 1. The standard InChI is InChI=1S/C13H17NO4S/c1-8-3-4-10(19-8)12-9(13(16)17)7-11(15)14(12)5-6-18-2/h3-4,9,12H,5-7H2,1-2H3,(H,16,17). The lowest BCUT2D eigenvalue weighted by Crippen LogP contribution is -2.32. The molecule has 104 valence electrons. The van der Waals surface area contributed by atoms with Crippen molar-refractivity contribution >= 4 is 23.2 Å². The number of thiophene rings is 1. The molecule has 0 spiro atoms. The van der Waals surface area contributed by atoms with Crippen molar-refractivity contribution in [2.45, 2.75) is 19.4 Å². The second-order valence-corrected chi connectivity index (χ2v) is 5.94. The molecule has 2 unspecified atom stereocenters. The summed E-state index contributed by atoms with van der Waals surface area (Å²) in [6.45, 7) is 2.82. The van der Waals surface area contributed by atoms with Gasteiger partial charge in [0.2, 0.25) is 5.91 Å². The molecule has 6 heteroatoms. The molecule has 1 fully saturated rings. The summed E-state index contributed by atoms with van der Waals surface area (Å²) in [5.74, 6) is -1.69. The predicted octanol–water partition coefficient (Wildman–Crippen LogP) is 1.68. The molecule has 2 atom stereocenters. The van der Waals surface area contributed by atoms with E-state index in [0.717, 1.165) is 9.75 Å². The highest BCUT2D eigenvalue weighted by atomic mass is 32.1. The molecular formula is C13H17NO4S. The van der Waals surface area contributed by atoms with E-state index in [0.29, 0.717) is 13.2 Å². The molecule has 0 saturated carbocycles. The average molecular weight is 283 g/mol. The summed E-state index contributed by atoms with van der Waals surface area (Å²) in [5.41, 5.74) is 0. The number of likely N-dealkylation sites (tertiary alicyclic amines) is 1. The molecule has 1 aliphatic rings. The van der Waals surface area contributed by atoms with Crippen LogP contribution in [0.1, 0.15) is 22.2 Å². The van der Waals surface area contributed by atoms with Crippen LogP contribution in [0.5, 0.6) is 0 Å². The average Bonchev–Trinajstić information content (AvgIpc) is 2.90. The third-order valence-electron chi connectivity index (χ3n) is 3.34. The molecule has 2 heterocycles. The second kappa shape index (κ2) is 5.71. The van der Waals surface area contributed by atoms with Gasteiger partial charge in [0.1, 0.15) is 0 Å². The molecule has 1 aromatic heterocycles. The first-order valence-corrected chi connectivity index (χ1v) is 6.93. The minimum absolute atomic E-state index is 0.0701. The van der Waals surface area contributed by atoms with Gasteiger partial charge < -0.3 is 14.7 Å². The van der Waals surface area contributed by atoms with Crippen molar-refractivity contribution in [3.8, 4) is 0 Å². The Balaban J connectivity index is 2.30. The fraction of sp³-hybridized carbons (Fsp3) is 0.538. The Kier molecular flexibility index (Phi) is 4.21. The van der Waals surface area contributed by atoms with Gasteiger partial charge in [0.05, 0.1) is 18.6 Å². The van der Waals surface area contributed by atoms with Crippen LogP contribution in [0.25, 0.3) is 0 Å². The Morgan fingerprint density at radius 2 is 2.32 bits per heavy atom. The Morgan fingerprint density at radius 3 is 2.84 bits per heavy atom. The van der Waals surface area contributed by atoms with E-state index in [2.05, 4.69) is 0 Å². The number of rotatable bonds is 5. The zero-order valence-corrected chi connectivity index (χ0v) is 11.8. The lowest BCUT2D eigenvalue weighted by molar-refractivity contribution is -0.142. The maximum atomic E-state index is 12.0. The molecule has 0 radical (unpaired) electrons. The van der Waals surface area contributed by atoms with Crippen molar-refractivity contribution < 1.29 is 19.4 Å². The summed E-state index contributed by atoms with van der Waals surface area (Å²) in [5, 5.41) is 9.31. The summed E-state index contributed by atoms with van der Waals surface area (Å²) in [6.07, 6.45) is 0.0701. The molecule has 0 aliphatic carbocycles. The smallest absolute Gasteiger partial charge is 0.309 e. The summed E-state index contributed by atoms with van der Waals surface area (Å²) in [4.78, 5) is 27.0. The SMILES string of the molecule is COCCN1C(=O)CC(C(=O)O)C1c1ccc(C)s1. The third-order valence-corrected chi connectivity index (χ3v) is 4.41. The maximum absolute atomic E-state index is 12.0. The van der Waals surface area contributed by atoms with Crippen LogP contribution in [-0.4, -0.2) is 42.1 Å². The van der Waals surface area contributed by atoms with E-state index in [1.54, 1.807) is 23.3 Å². The number of methoxy groups -OCH3 is 1. The van der Waals surface area contributed by atoms with E-state index in [1.165, 1.54) is 0 Å². The molecule has 1 aliphatic heterocycles.